The maximum absolute atomic E-state index is 11.1. The largest absolute Gasteiger partial charge is 0.387 e. The summed E-state index contributed by atoms with van der Waals surface area (Å²) in [7, 11) is 0. The van der Waals surface area contributed by atoms with Crippen LogP contribution in [0.1, 0.15) is 5.69 Å². The second kappa shape index (κ2) is 3.77. The number of pyridine rings is 1. The van der Waals surface area contributed by atoms with Crippen LogP contribution in [0.2, 0.25) is 0 Å². The quantitative estimate of drug-likeness (QED) is 0.573. The zero-order chi connectivity index (χ0) is 9.97. The summed E-state index contributed by atoms with van der Waals surface area (Å²) in [5.74, 6) is 0. The summed E-state index contributed by atoms with van der Waals surface area (Å²) in [4.78, 5) is 13.8. The molecule has 0 aromatic carbocycles. The lowest BCUT2D eigenvalue weighted by atomic mass is 10.0. The van der Waals surface area contributed by atoms with Gasteiger partial charge in [0.2, 0.25) is 5.56 Å². The number of aromatic nitrogens is 1. The van der Waals surface area contributed by atoms with E-state index in [4.69, 9.17) is 0 Å². The Hall–Kier alpha value is -1.39. The predicted molar refractivity (Wildman–Crippen MR) is 53.9 cm³/mol. The fourth-order valence-corrected chi connectivity index (χ4v) is 1.55. The number of β-amino-alcohol motifs (C(OH)–C–C–N with tert-alkyl or cyclic N) is 1. The molecule has 1 aliphatic rings. The average molecular weight is 192 g/mol. The molecule has 0 bridgehead atoms. The summed E-state index contributed by atoms with van der Waals surface area (Å²) < 4.78 is 0. The van der Waals surface area contributed by atoms with Crippen LogP contribution in [-0.4, -0.2) is 29.3 Å². The van der Waals surface area contributed by atoms with Crippen molar-refractivity contribution in [2.24, 2.45) is 0 Å². The van der Waals surface area contributed by atoms with Gasteiger partial charge in [-0.05, 0) is 6.07 Å². The third kappa shape index (κ3) is 1.76. The highest BCUT2D eigenvalue weighted by molar-refractivity contribution is 5.66. The van der Waals surface area contributed by atoms with E-state index >= 15 is 0 Å². The number of rotatable bonds is 1. The highest BCUT2D eigenvalue weighted by atomic mass is 16.3. The van der Waals surface area contributed by atoms with Gasteiger partial charge in [0.25, 0.3) is 0 Å². The van der Waals surface area contributed by atoms with Crippen LogP contribution in [0.15, 0.2) is 29.1 Å². The lowest BCUT2D eigenvalue weighted by Crippen LogP contribution is -2.33. The molecule has 1 aromatic heterocycles. The molecule has 1 aliphatic heterocycles. The van der Waals surface area contributed by atoms with Gasteiger partial charge in [0.05, 0.1) is 6.10 Å². The van der Waals surface area contributed by atoms with E-state index in [9.17, 15) is 9.90 Å². The third-order valence-corrected chi connectivity index (χ3v) is 2.24. The van der Waals surface area contributed by atoms with E-state index in [1.54, 1.807) is 12.1 Å². The zero-order valence-corrected chi connectivity index (χ0v) is 7.66. The van der Waals surface area contributed by atoms with Crippen molar-refractivity contribution in [3.05, 3.63) is 40.3 Å². The van der Waals surface area contributed by atoms with E-state index in [2.05, 4.69) is 10.3 Å². The highest BCUT2D eigenvalue weighted by Gasteiger charge is 2.16. The summed E-state index contributed by atoms with van der Waals surface area (Å²) in [6.07, 6.45) is 1.35. The maximum Gasteiger partial charge on any atom is 0.248 e. The topological polar surface area (TPSA) is 65.1 Å². The van der Waals surface area contributed by atoms with Crippen LogP contribution in [0.25, 0.3) is 5.57 Å². The van der Waals surface area contributed by atoms with E-state index in [-0.39, 0.29) is 5.56 Å². The summed E-state index contributed by atoms with van der Waals surface area (Å²) >= 11 is 0. The fraction of sp³-hybridized carbons (Fsp3) is 0.300. The highest BCUT2D eigenvalue weighted by Crippen LogP contribution is 2.16. The Morgan fingerprint density at radius 2 is 2.29 bits per heavy atom. The molecule has 0 fully saturated rings. The summed E-state index contributed by atoms with van der Waals surface area (Å²) in [6.45, 7) is 1.26. The molecule has 0 amide bonds. The fourth-order valence-electron chi connectivity index (χ4n) is 1.55. The molecule has 0 saturated carbocycles. The number of aliphatic hydroxyl groups is 1. The molecule has 4 nitrogen and oxygen atoms in total. The molecule has 0 saturated heterocycles. The molecule has 0 aliphatic carbocycles. The first kappa shape index (κ1) is 9.18. The first-order valence-corrected chi connectivity index (χ1v) is 4.56. The Balaban J connectivity index is 2.38. The van der Waals surface area contributed by atoms with Gasteiger partial charge in [-0.15, -0.1) is 0 Å². The number of hydrogen-bond acceptors (Lipinski definition) is 3. The second-order valence-corrected chi connectivity index (χ2v) is 3.26. The van der Waals surface area contributed by atoms with Crippen LogP contribution >= 0.6 is 0 Å². The Bertz CT molecular complexity index is 409. The maximum atomic E-state index is 11.1. The van der Waals surface area contributed by atoms with Gasteiger partial charge < -0.3 is 15.4 Å². The number of hydrogen-bond donors (Lipinski definition) is 3. The van der Waals surface area contributed by atoms with E-state index in [0.29, 0.717) is 12.2 Å². The average Bonchev–Trinajstić information content (AvgIpc) is 2.18. The summed E-state index contributed by atoms with van der Waals surface area (Å²) in [6, 6.07) is 4.93. The van der Waals surface area contributed by atoms with Gasteiger partial charge in [-0.3, -0.25) is 4.79 Å². The molecule has 3 N–H and O–H groups in total. The summed E-state index contributed by atoms with van der Waals surface area (Å²) in [5.41, 5.74) is 1.35. The van der Waals surface area contributed by atoms with Gasteiger partial charge in [-0.25, -0.2) is 0 Å². The molecule has 2 rings (SSSR count). The first-order chi connectivity index (χ1) is 6.77. The minimum absolute atomic E-state index is 0.144. The molecule has 0 spiro atoms. The number of aliphatic hydroxyl groups excluding tert-OH is 1. The Morgan fingerprint density at radius 3 is 3.00 bits per heavy atom. The summed E-state index contributed by atoms with van der Waals surface area (Å²) in [5, 5.41) is 12.7. The normalized spacial score (nSPS) is 21.8. The zero-order valence-electron chi connectivity index (χ0n) is 7.66. The van der Waals surface area contributed by atoms with Gasteiger partial charge in [0.15, 0.2) is 0 Å². The molecule has 0 radical (unpaired) electrons. The van der Waals surface area contributed by atoms with Crippen molar-refractivity contribution in [1.82, 2.24) is 10.3 Å². The van der Waals surface area contributed by atoms with Crippen LogP contribution in [0, 0.1) is 0 Å². The molecule has 74 valence electrons. The van der Waals surface area contributed by atoms with Crippen LogP contribution in [0.5, 0.6) is 0 Å². The van der Waals surface area contributed by atoms with Crippen molar-refractivity contribution >= 4 is 5.57 Å². The van der Waals surface area contributed by atoms with Gasteiger partial charge >= 0.3 is 0 Å². The van der Waals surface area contributed by atoms with E-state index in [0.717, 1.165) is 12.1 Å². The van der Waals surface area contributed by atoms with Crippen molar-refractivity contribution in [3.8, 4) is 0 Å². The van der Waals surface area contributed by atoms with Gasteiger partial charge in [0.1, 0.15) is 0 Å². The third-order valence-electron chi connectivity index (χ3n) is 2.24. The molecule has 1 aromatic rings. The molecular formula is C10H12N2O2. The van der Waals surface area contributed by atoms with Crippen molar-refractivity contribution < 1.29 is 5.11 Å². The smallest absolute Gasteiger partial charge is 0.248 e. The molecule has 14 heavy (non-hydrogen) atoms. The lowest BCUT2D eigenvalue weighted by Gasteiger charge is -2.20. The Labute approximate surface area is 81.3 Å². The second-order valence-electron chi connectivity index (χ2n) is 3.26. The number of nitrogens with one attached hydrogen (secondary N) is 2. The standard InChI is InChI=1S/C10H12N2O2/c13-9-6-11-5-4-7(9)8-2-1-3-10(14)12-8/h1-4,9,11,13H,5-6H2,(H,12,14). The lowest BCUT2D eigenvalue weighted by molar-refractivity contribution is 0.224. The molecule has 2 heterocycles. The van der Waals surface area contributed by atoms with Crippen LogP contribution in [-0.2, 0) is 0 Å². The monoisotopic (exact) mass is 192 g/mol. The molecule has 1 atom stereocenters. The minimum atomic E-state index is -0.540. The number of H-pyrrole nitrogens is 1. The SMILES string of the molecule is O=c1cccc(C2=CCNCC2O)[nH]1. The van der Waals surface area contributed by atoms with E-state index in [1.165, 1.54) is 6.07 Å². The number of aromatic amines is 1. The molecular weight excluding hydrogens is 180 g/mol. The van der Waals surface area contributed by atoms with Crippen LogP contribution in [0.4, 0.5) is 0 Å². The van der Waals surface area contributed by atoms with E-state index in [1.807, 2.05) is 6.08 Å². The van der Waals surface area contributed by atoms with Gasteiger partial charge in [-0.1, -0.05) is 12.1 Å². The van der Waals surface area contributed by atoms with Crippen molar-refractivity contribution in [2.75, 3.05) is 13.1 Å². The van der Waals surface area contributed by atoms with Gasteiger partial charge in [0, 0.05) is 30.4 Å². The molecule has 1 unspecified atom stereocenters. The van der Waals surface area contributed by atoms with Crippen LogP contribution < -0.4 is 10.9 Å². The molecule has 4 heteroatoms. The Kier molecular flexibility index (Phi) is 2.47. The minimum Gasteiger partial charge on any atom is -0.387 e. The van der Waals surface area contributed by atoms with Gasteiger partial charge in [-0.2, -0.15) is 0 Å². The predicted octanol–water partition coefficient (Wildman–Crippen LogP) is -0.278. The van der Waals surface area contributed by atoms with Crippen molar-refractivity contribution in [1.29, 1.82) is 0 Å². The Morgan fingerprint density at radius 1 is 1.43 bits per heavy atom. The van der Waals surface area contributed by atoms with E-state index < -0.39 is 6.10 Å². The van der Waals surface area contributed by atoms with Crippen molar-refractivity contribution in [3.63, 3.8) is 0 Å². The first-order valence-electron chi connectivity index (χ1n) is 4.56. The van der Waals surface area contributed by atoms with Crippen LogP contribution in [0.3, 0.4) is 0 Å². The van der Waals surface area contributed by atoms with Crippen molar-refractivity contribution in [2.45, 2.75) is 6.10 Å².